The lowest BCUT2D eigenvalue weighted by Crippen LogP contribution is -2.27. The van der Waals surface area contributed by atoms with Crippen molar-refractivity contribution in [1.29, 1.82) is 0 Å². The Morgan fingerprint density at radius 2 is 2.07 bits per heavy atom. The van der Waals surface area contributed by atoms with E-state index < -0.39 is 0 Å². The molecule has 5 rings (SSSR count). The molecule has 0 unspecified atom stereocenters. The monoisotopic (exact) mass is 422 g/mol. The predicted molar refractivity (Wildman–Crippen MR) is 117 cm³/mol. The molecule has 0 spiro atoms. The van der Waals surface area contributed by atoms with Crippen LogP contribution >= 0.6 is 11.8 Å². The van der Waals surface area contributed by atoms with Gasteiger partial charge < -0.3 is 14.6 Å². The quantitative estimate of drug-likeness (QED) is 0.377. The smallest absolute Gasteiger partial charge is 0.287 e. The molecule has 4 heterocycles. The maximum absolute atomic E-state index is 12.5. The number of hydrogen-bond donors (Lipinski definition) is 1. The summed E-state index contributed by atoms with van der Waals surface area (Å²) in [5.74, 6) is 1.03. The van der Waals surface area contributed by atoms with Gasteiger partial charge in [0.25, 0.3) is 5.91 Å². The van der Waals surface area contributed by atoms with E-state index in [4.69, 9.17) is 9.40 Å². The highest BCUT2D eigenvalue weighted by Crippen LogP contribution is 2.28. The Hall–Kier alpha value is -3.07. The first-order chi connectivity index (χ1) is 14.7. The zero-order valence-electron chi connectivity index (χ0n) is 16.7. The summed E-state index contributed by atoms with van der Waals surface area (Å²) in [6.07, 6.45) is 6.17. The second kappa shape index (κ2) is 7.98. The molecule has 3 aromatic heterocycles. The molecule has 1 amide bonds. The topological polar surface area (TPSA) is 89.1 Å². The minimum atomic E-state index is -0.236. The molecular formula is C21H22N6O2S. The number of hydrogen-bond acceptors (Lipinski definition) is 7. The lowest BCUT2D eigenvalue weighted by molar-refractivity contribution is 0.0926. The number of nitrogens with one attached hydrogen (secondary N) is 1. The molecule has 154 valence electrons. The van der Waals surface area contributed by atoms with Crippen LogP contribution in [0.15, 0.2) is 46.1 Å². The number of furan rings is 1. The van der Waals surface area contributed by atoms with E-state index in [1.807, 2.05) is 41.4 Å². The van der Waals surface area contributed by atoms with E-state index >= 15 is 0 Å². The average molecular weight is 423 g/mol. The van der Waals surface area contributed by atoms with E-state index in [-0.39, 0.29) is 5.91 Å². The Bertz CT molecular complexity index is 1180. The Kier molecular flexibility index (Phi) is 5.04. The molecule has 0 atom stereocenters. The van der Waals surface area contributed by atoms with Gasteiger partial charge in [-0.3, -0.25) is 4.79 Å². The van der Waals surface area contributed by atoms with Gasteiger partial charge >= 0.3 is 0 Å². The number of thioether (sulfide) groups is 1. The van der Waals surface area contributed by atoms with Gasteiger partial charge in [0.15, 0.2) is 16.6 Å². The van der Waals surface area contributed by atoms with E-state index in [1.54, 1.807) is 6.07 Å². The first kappa shape index (κ1) is 18.9. The highest BCUT2D eigenvalue weighted by molar-refractivity contribution is 7.98. The van der Waals surface area contributed by atoms with E-state index in [9.17, 15) is 4.79 Å². The van der Waals surface area contributed by atoms with E-state index in [2.05, 4.69) is 20.3 Å². The van der Waals surface area contributed by atoms with Crippen molar-refractivity contribution in [3.8, 4) is 0 Å². The number of nitrogens with zero attached hydrogens (tertiary/aromatic N) is 5. The van der Waals surface area contributed by atoms with Gasteiger partial charge in [-0.25, -0.2) is 14.6 Å². The summed E-state index contributed by atoms with van der Waals surface area (Å²) >= 11 is 1.52. The fourth-order valence-corrected chi connectivity index (χ4v) is 4.16. The molecule has 8 nitrogen and oxygen atoms in total. The van der Waals surface area contributed by atoms with Gasteiger partial charge in [0.1, 0.15) is 11.4 Å². The number of aromatic nitrogens is 4. The van der Waals surface area contributed by atoms with Crippen molar-refractivity contribution in [1.82, 2.24) is 25.1 Å². The molecule has 1 aliphatic heterocycles. The summed E-state index contributed by atoms with van der Waals surface area (Å²) in [6.45, 7) is 2.96. The Morgan fingerprint density at radius 3 is 2.87 bits per heavy atom. The Labute approximate surface area is 177 Å². The Balaban J connectivity index is 1.32. The SMILES string of the molecule is CSc1nc(N2CCCC2)c2cnn(CCNC(=O)c3cc4ccccc4o3)c2n1. The Morgan fingerprint density at radius 1 is 1.23 bits per heavy atom. The molecule has 1 aliphatic rings. The third-order valence-electron chi connectivity index (χ3n) is 5.30. The summed E-state index contributed by atoms with van der Waals surface area (Å²) in [5, 5.41) is 10.0. The summed E-state index contributed by atoms with van der Waals surface area (Å²) in [7, 11) is 0. The third-order valence-corrected chi connectivity index (χ3v) is 5.85. The second-order valence-electron chi connectivity index (χ2n) is 7.24. The van der Waals surface area contributed by atoms with Crippen molar-refractivity contribution in [3.05, 3.63) is 42.3 Å². The number of rotatable bonds is 6. The van der Waals surface area contributed by atoms with Crippen LogP contribution in [-0.4, -0.2) is 51.5 Å². The minimum absolute atomic E-state index is 0.236. The molecule has 9 heteroatoms. The van der Waals surface area contributed by atoms with Gasteiger partial charge in [-0.2, -0.15) is 5.10 Å². The van der Waals surface area contributed by atoms with Crippen molar-refractivity contribution < 1.29 is 9.21 Å². The van der Waals surface area contributed by atoms with Gasteiger partial charge in [0.05, 0.1) is 18.1 Å². The summed E-state index contributed by atoms with van der Waals surface area (Å²) in [5.41, 5.74) is 1.51. The van der Waals surface area contributed by atoms with Crippen LogP contribution < -0.4 is 10.2 Å². The normalized spacial score (nSPS) is 14.1. The molecule has 4 aromatic rings. The molecule has 1 saturated heterocycles. The van der Waals surface area contributed by atoms with Crippen molar-refractivity contribution in [3.63, 3.8) is 0 Å². The maximum Gasteiger partial charge on any atom is 0.287 e. The summed E-state index contributed by atoms with van der Waals surface area (Å²) in [4.78, 5) is 24.2. The van der Waals surface area contributed by atoms with E-state index in [0.717, 1.165) is 40.5 Å². The van der Waals surface area contributed by atoms with Crippen LogP contribution in [0, 0.1) is 0 Å². The molecule has 30 heavy (non-hydrogen) atoms. The first-order valence-corrected chi connectivity index (χ1v) is 11.2. The molecule has 0 aliphatic carbocycles. The largest absolute Gasteiger partial charge is 0.451 e. The number of fused-ring (bicyclic) bond motifs is 2. The van der Waals surface area contributed by atoms with Crippen molar-refractivity contribution in [2.45, 2.75) is 24.5 Å². The van der Waals surface area contributed by atoms with Gasteiger partial charge in [0.2, 0.25) is 0 Å². The number of carbonyl (C=O) groups is 1. The third kappa shape index (κ3) is 3.49. The standard InChI is InChI=1S/C21H22N6O2S/c1-30-21-24-18(26-9-4-5-10-26)15-13-23-27(19(15)25-21)11-8-22-20(28)17-12-14-6-2-3-7-16(14)29-17/h2-3,6-7,12-13H,4-5,8-11H2,1H3,(H,22,28). The highest BCUT2D eigenvalue weighted by Gasteiger charge is 2.20. The van der Waals surface area contributed by atoms with E-state index in [1.165, 1.54) is 24.6 Å². The number of para-hydroxylation sites is 1. The predicted octanol–water partition coefficient (Wildman–Crippen LogP) is 3.32. The zero-order valence-corrected chi connectivity index (χ0v) is 17.5. The molecule has 0 saturated carbocycles. The second-order valence-corrected chi connectivity index (χ2v) is 8.01. The number of carbonyl (C=O) groups excluding carboxylic acids is 1. The maximum atomic E-state index is 12.5. The average Bonchev–Trinajstić information content (AvgIpc) is 3.52. The highest BCUT2D eigenvalue weighted by atomic mass is 32.2. The van der Waals surface area contributed by atoms with Gasteiger partial charge in [0, 0.05) is 25.0 Å². The fraction of sp³-hybridized carbons (Fsp3) is 0.333. The number of amides is 1. The van der Waals surface area contributed by atoms with Gasteiger partial charge in [-0.15, -0.1) is 0 Å². The minimum Gasteiger partial charge on any atom is -0.451 e. The molecule has 0 bridgehead atoms. The van der Waals surface area contributed by atoms with Crippen LogP contribution in [-0.2, 0) is 6.54 Å². The first-order valence-electron chi connectivity index (χ1n) is 10.0. The van der Waals surface area contributed by atoms with Crippen LogP contribution in [0.4, 0.5) is 5.82 Å². The zero-order chi connectivity index (χ0) is 20.5. The molecule has 0 radical (unpaired) electrons. The number of anilines is 1. The van der Waals surface area contributed by atoms with Crippen LogP contribution in [0.25, 0.3) is 22.0 Å². The molecule has 1 fully saturated rings. The van der Waals surface area contributed by atoms with Gasteiger partial charge in [-0.05, 0) is 31.2 Å². The summed E-state index contributed by atoms with van der Waals surface area (Å²) in [6, 6.07) is 9.34. The fourth-order valence-electron chi connectivity index (χ4n) is 3.80. The summed E-state index contributed by atoms with van der Waals surface area (Å²) < 4.78 is 7.46. The van der Waals surface area contributed by atoms with Crippen molar-refractivity contribution in [2.75, 3.05) is 30.8 Å². The van der Waals surface area contributed by atoms with Crippen LogP contribution in [0.2, 0.25) is 0 Å². The molecule has 1 N–H and O–H groups in total. The van der Waals surface area contributed by atoms with Crippen LogP contribution in [0.5, 0.6) is 0 Å². The van der Waals surface area contributed by atoms with Gasteiger partial charge in [-0.1, -0.05) is 30.0 Å². The van der Waals surface area contributed by atoms with Crippen LogP contribution in [0.1, 0.15) is 23.4 Å². The molecular weight excluding hydrogens is 400 g/mol. The number of benzene rings is 1. The van der Waals surface area contributed by atoms with Crippen molar-refractivity contribution >= 4 is 45.5 Å². The lowest BCUT2D eigenvalue weighted by atomic mass is 10.2. The van der Waals surface area contributed by atoms with Crippen molar-refractivity contribution in [2.24, 2.45) is 0 Å². The lowest BCUT2D eigenvalue weighted by Gasteiger charge is -2.17. The van der Waals surface area contributed by atoms with Crippen LogP contribution in [0.3, 0.4) is 0 Å². The molecule has 1 aromatic carbocycles. The van der Waals surface area contributed by atoms with E-state index in [0.29, 0.717) is 24.4 Å².